The molecule has 1 amide bonds. The molecule has 0 radical (unpaired) electrons. The van der Waals surface area contributed by atoms with Crippen LogP contribution in [0.3, 0.4) is 0 Å². The maximum atomic E-state index is 11.6. The molecular formula is C12H16N2O3S. The van der Waals surface area contributed by atoms with Gasteiger partial charge in [0, 0.05) is 12.7 Å². The second kappa shape index (κ2) is 4.28. The van der Waals surface area contributed by atoms with Crippen LogP contribution in [0.25, 0.3) is 0 Å². The summed E-state index contributed by atoms with van der Waals surface area (Å²) in [7, 11) is -1.55. The predicted molar refractivity (Wildman–Crippen MR) is 71.4 cm³/mol. The van der Waals surface area contributed by atoms with Crippen molar-refractivity contribution in [1.82, 2.24) is 0 Å². The van der Waals surface area contributed by atoms with Crippen molar-refractivity contribution in [2.45, 2.75) is 20.3 Å². The van der Waals surface area contributed by atoms with Crippen LogP contribution in [-0.2, 0) is 21.2 Å². The van der Waals surface area contributed by atoms with E-state index in [0.717, 1.165) is 16.8 Å². The number of benzene rings is 1. The van der Waals surface area contributed by atoms with Gasteiger partial charge < -0.3 is 4.90 Å². The Bertz CT molecular complexity index is 608. The lowest BCUT2D eigenvalue weighted by Gasteiger charge is -2.15. The van der Waals surface area contributed by atoms with Crippen molar-refractivity contribution < 1.29 is 13.2 Å². The van der Waals surface area contributed by atoms with Gasteiger partial charge in [-0.1, -0.05) is 0 Å². The zero-order valence-electron chi connectivity index (χ0n) is 10.6. The summed E-state index contributed by atoms with van der Waals surface area (Å²) in [5.74, 6) is 0.0608. The summed E-state index contributed by atoms with van der Waals surface area (Å²) in [5.41, 5.74) is 3.18. The fraction of sp³-hybridized carbons (Fsp3) is 0.417. The van der Waals surface area contributed by atoms with Crippen LogP contribution in [0.5, 0.6) is 0 Å². The quantitative estimate of drug-likeness (QED) is 0.898. The van der Waals surface area contributed by atoms with Gasteiger partial charge in [0.05, 0.1) is 17.9 Å². The number of hydrogen-bond acceptors (Lipinski definition) is 3. The van der Waals surface area contributed by atoms with Crippen molar-refractivity contribution in [2.24, 2.45) is 0 Å². The molecule has 0 atom stereocenters. The maximum absolute atomic E-state index is 11.6. The number of hydrogen-bond donors (Lipinski definition) is 1. The third kappa shape index (κ3) is 2.20. The topological polar surface area (TPSA) is 66.5 Å². The molecule has 0 aliphatic carbocycles. The highest BCUT2D eigenvalue weighted by Gasteiger charge is 2.26. The molecule has 1 aromatic rings. The number of likely N-dealkylation sites (N-methyl/N-ethyl adjacent to an activating group) is 1. The number of anilines is 2. The van der Waals surface area contributed by atoms with Gasteiger partial charge in [0.15, 0.2) is 0 Å². The first kappa shape index (κ1) is 12.9. The number of carbonyl (C=O) groups is 1. The Morgan fingerprint density at radius 2 is 2.06 bits per heavy atom. The number of aryl methyl sites for hydroxylation is 1. The first-order chi connectivity index (χ1) is 8.34. The molecule has 0 aromatic heterocycles. The molecule has 1 aromatic carbocycles. The molecule has 0 spiro atoms. The number of nitrogens with zero attached hydrogens (tertiary/aromatic N) is 1. The molecule has 1 aliphatic rings. The molecule has 2 rings (SSSR count). The third-order valence-electron chi connectivity index (χ3n) is 3.08. The van der Waals surface area contributed by atoms with Gasteiger partial charge in [-0.05, 0) is 37.1 Å². The maximum Gasteiger partial charge on any atom is 0.232 e. The van der Waals surface area contributed by atoms with Crippen LogP contribution in [0.2, 0.25) is 0 Å². The smallest absolute Gasteiger partial charge is 0.232 e. The normalized spacial score (nSPS) is 14.8. The van der Waals surface area contributed by atoms with Gasteiger partial charge in [-0.15, -0.1) is 0 Å². The number of sulfonamides is 1. The molecule has 1 heterocycles. The SMILES string of the molecule is CCS(=O)(=O)Nc1cc(C)c2c(c1)CC(=O)N2C. The number of carbonyl (C=O) groups excluding carboxylic acids is 1. The third-order valence-corrected chi connectivity index (χ3v) is 4.39. The molecule has 0 saturated heterocycles. The molecule has 0 fully saturated rings. The highest BCUT2D eigenvalue weighted by Crippen LogP contribution is 2.34. The second-order valence-corrected chi connectivity index (χ2v) is 6.45. The number of nitrogens with one attached hydrogen (secondary N) is 1. The van der Waals surface area contributed by atoms with E-state index in [1.807, 2.05) is 6.92 Å². The Morgan fingerprint density at radius 1 is 1.39 bits per heavy atom. The van der Waals surface area contributed by atoms with Gasteiger partial charge in [-0.2, -0.15) is 0 Å². The largest absolute Gasteiger partial charge is 0.315 e. The van der Waals surface area contributed by atoms with Crippen LogP contribution in [0.4, 0.5) is 11.4 Å². The lowest BCUT2D eigenvalue weighted by atomic mass is 10.1. The van der Waals surface area contributed by atoms with Gasteiger partial charge in [0.2, 0.25) is 15.9 Å². The van der Waals surface area contributed by atoms with E-state index in [1.165, 1.54) is 0 Å². The van der Waals surface area contributed by atoms with E-state index in [9.17, 15) is 13.2 Å². The molecule has 98 valence electrons. The van der Waals surface area contributed by atoms with Crippen molar-refractivity contribution in [3.05, 3.63) is 23.3 Å². The minimum absolute atomic E-state index is 0.0297. The van der Waals surface area contributed by atoms with E-state index in [0.29, 0.717) is 12.1 Å². The van der Waals surface area contributed by atoms with Crippen LogP contribution in [-0.4, -0.2) is 27.1 Å². The fourth-order valence-electron chi connectivity index (χ4n) is 2.18. The lowest BCUT2D eigenvalue weighted by Crippen LogP contribution is -2.21. The predicted octanol–water partition coefficient (Wildman–Crippen LogP) is 1.28. The molecular weight excluding hydrogens is 252 g/mol. The summed E-state index contributed by atoms with van der Waals surface area (Å²) in [5, 5.41) is 0. The van der Waals surface area contributed by atoms with Crippen molar-refractivity contribution in [1.29, 1.82) is 0 Å². The van der Waals surface area contributed by atoms with Crippen LogP contribution >= 0.6 is 0 Å². The van der Waals surface area contributed by atoms with Crippen LogP contribution in [0.15, 0.2) is 12.1 Å². The summed E-state index contributed by atoms with van der Waals surface area (Å²) >= 11 is 0. The molecule has 6 heteroatoms. The van der Waals surface area contributed by atoms with Crippen molar-refractivity contribution in [3.8, 4) is 0 Å². The first-order valence-electron chi connectivity index (χ1n) is 5.74. The zero-order valence-corrected chi connectivity index (χ0v) is 11.5. The summed E-state index contributed by atoms with van der Waals surface area (Å²) in [4.78, 5) is 13.2. The highest BCUT2D eigenvalue weighted by atomic mass is 32.2. The summed E-state index contributed by atoms with van der Waals surface area (Å²) in [6, 6.07) is 3.48. The summed E-state index contributed by atoms with van der Waals surface area (Å²) < 4.78 is 25.6. The van der Waals surface area contributed by atoms with E-state index in [2.05, 4.69) is 4.72 Å². The highest BCUT2D eigenvalue weighted by molar-refractivity contribution is 7.92. The average molecular weight is 268 g/mol. The molecule has 1 aliphatic heterocycles. The minimum atomic E-state index is -3.28. The van der Waals surface area contributed by atoms with Gasteiger partial charge in [0.25, 0.3) is 0 Å². The first-order valence-corrected chi connectivity index (χ1v) is 7.40. The van der Waals surface area contributed by atoms with E-state index in [1.54, 1.807) is 31.0 Å². The Morgan fingerprint density at radius 3 is 2.67 bits per heavy atom. The number of amides is 1. The van der Waals surface area contributed by atoms with Gasteiger partial charge >= 0.3 is 0 Å². The minimum Gasteiger partial charge on any atom is -0.315 e. The van der Waals surface area contributed by atoms with Crippen LogP contribution < -0.4 is 9.62 Å². The standard InChI is InChI=1S/C12H16N2O3S/c1-4-18(16,17)13-10-5-8(2)12-9(6-10)7-11(15)14(12)3/h5-6,13H,4,7H2,1-3H3. The van der Waals surface area contributed by atoms with Gasteiger partial charge in [-0.25, -0.2) is 8.42 Å². The Hall–Kier alpha value is -1.56. The van der Waals surface area contributed by atoms with Crippen LogP contribution in [0, 0.1) is 6.92 Å². The van der Waals surface area contributed by atoms with E-state index >= 15 is 0 Å². The molecule has 1 N–H and O–H groups in total. The fourth-order valence-corrected chi connectivity index (χ4v) is 2.81. The Labute approximate surface area is 107 Å². The Balaban J connectivity index is 2.42. The number of rotatable bonds is 3. The Kier molecular flexibility index (Phi) is 3.06. The molecule has 18 heavy (non-hydrogen) atoms. The van der Waals surface area contributed by atoms with Crippen molar-refractivity contribution in [2.75, 3.05) is 22.4 Å². The zero-order chi connectivity index (χ0) is 13.5. The average Bonchev–Trinajstić information content (AvgIpc) is 2.54. The second-order valence-electron chi connectivity index (χ2n) is 4.44. The molecule has 0 unspecified atom stereocenters. The monoisotopic (exact) mass is 268 g/mol. The number of fused-ring (bicyclic) bond motifs is 1. The van der Waals surface area contributed by atoms with Crippen LogP contribution in [0.1, 0.15) is 18.1 Å². The van der Waals surface area contributed by atoms with E-state index in [-0.39, 0.29) is 11.7 Å². The molecule has 0 saturated carbocycles. The van der Waals surface area contributed by atoms with E-state index in [4.69, 9.17) is 0 Å². The van der Waals surface area contributed by atoms with Gasteiger partial charge in [-0.3, -0.25) is 9.52 Å². The lowest BCUT2D eigenvalue weighted by molar-refractivity contribution is -0.117. The van der Waals surface area contributed by atoms with Crippen molar-refractivity contribution >= 4 is 27.3 Å². The summed E-state index contributed by atoms with van der Waals surface area (Å²) in [6.45, 7) is 3.46. The van der Waals surface area contributed by atoms with E-state index < -0.39 is 10.0 Å². The molecule has 0 bridgehead atoms. The molecule has 5 nitrogen and oxygen atoms in total. The van der Waals surface area contributed by atoms with Gasteiger partial charge in [0.1, 0.15) is 0 Å². The van der Waals surface area contributed by atoms with Crippen molar-refractivity contribution in [3.63, 3.8) is 0 Å². The summed E-state index contributed by atoms with van der Waals surface area (Å²) in [6.07, 6.45) is 0.328.